The molecule has 0 saturated heterocycles. The summed E-state index contributed by atoms with van der Waals surface area (Å²) in [6, 6.07) is 3.24. The fourth-order valence-corrected chi connectivity index (χ4v) is 2.55. The van der Waals surface area contributed by atoms with Gasteiger partial charge in [-0.05, 0) is 12.1 Å². The summed E-state index contributed by atoms with van der Waals surface area (Å²) in [7, 11) is 2.96. The number of carbonyl (C=O) groups is 1. The molecule has 0 saturated carbocycles. The van der Waals surface area contributed by atoms with Crippen molar-refractivity contribution in [2.45, 2.75) is 12.7 Å². The van der Waals surface area contributed by atoms with Crippen molar-refractivity contribution in [3.8, 4) is 0 Å². The van der Waals surface area contributed by atoms with E-state index in [2.05, 4.69) is 9.97 Å². The minimum Gasteiger partial charge on any atom is -0.397 e. The number of aromatic nitrogens is 2. The van der Waals surface area contributed by atoms with Gasteiger partial charge in [0.25, 0.3) is 0 Å². The van der Waals surface area contributed by atoms with Crippen molar-refractivity contribution in [3.63, 3.8) is 0 Å². The van der Waals surface area contributed by atoms with Crippen LogP contribution in [0.4, 0.5) is 5.69 Å². The molecule has 2 aromatic heterocycles. The Morgan fingerprint density at radius 2 is 2.14 bits per heavy atom. The van der Waals surface area contributed by atoms with Gasteiger partial charge in [0, 0.05) is 31.2 Å². The smallest absolute Gasteiger partial charge is 0.184 e. The van der Waals surface area contributed by atoms with Gasteiger partial charge in [0.05, 0.1) is 34.2 Å². The molecule has 0 aliphatic carbocycles. The number of ketones is 1. The van der Waals surface area contributed by atoms with Crippen LogP contribution in [-0.2, 0) is 9.47 Å². The highest BCUT2D eigenvalue weighted by molar-refractivity contribution is 6.13. The predicted molar refractivity (Wildman–Crippen MR) is 81.8 cm³/mol. The maximum Gasteiger partial charge on any atom is 0.184 e. The molecule has 7 nitrogen and oxygen atoms in total. The van der Waals surface area contributed by atoms with Crippen molar-refractivity contribution in [1.29, 1.82) is 5.41 Å². The summed E-state index contributed by atoms with van der Waals surface area (Å²) in [5.41, 5.74) is 7.92. The average molecular weight is 300 g/mol. The molecule has 3 aromatic rings. The van der Waals surface area contributed by atoms with Gasteiger partial charge in [-0.2, -0.15) is 0 Å². The second-order valence-corrected chi connectivity index (χ2v) is 5.04. The van der Waals surface area contributed by atoms with E-state index in [1.54, 1.807) is 12.3 Å². The highest BCUT2D eigenvalue weighted by atomic mass is 16.7. The fourth-order valence-electron chi connectivity index (χ4n) is 2.55. The molecule has 3 rings (SSSR count). The van der Waals surface area contributed by atoms with Crippen LogP contribution in [-0.4, -0.2) is 36.3 Å². The first-order valence-corrected chi connectivity index (χ1v) is 6.72. The zero-order chi connectivity index (χ0) is 15.9. The Balaban J connectivity index is 2.13. The van der Waals surface area contributed by atoms with Gasteiger partial charge in [-0.3, -0.25) is 15.2 Å². The summed E-state index contributed by atoms with van der Waals surface area (Å²) in [5, 5.41) is 9.83. The van der Waals surface area contributed by atoms with Gasteiger partial charge in [-0.15, -0.1) is 0 Å². The highest BCUT2D eigenvalue weighted by Gasteiger charge is 2.18. The van der Waals surface area contributed by atoms with Crippen LogP contribution in [0, 0.1) is 5.41 Å². The minimum absolute atomic E-state index is 0.0841. The van der Waals surface area contributed by atoms with Crippen molar-refractivity contribution < 1.29 is 14.3 Å². The van der Waals surface area contributed by atoms with Gasteiger partial charge in [0.15, 0.2) is 12.1 Å². The molecule has 0 radical (unpaired) electrons. The molecule has 2 heterocycles. The van der Waals surface area contributed by atoms with Crippen molar-refractivity contribution in [3.05, 3.63) is 29.4 Å². The van der Waals surface area contributed by atoms with Crippen LogP contribution < -0.4 is 11.1 Å². The highest BCUT2D eigenvalue weighted by Crippen LogP contribution is 2.27. The van der Waals surface area contributed by atoms with Crippen molar-refractivity contribution >= 4 is 33.3 Å². The number of carbonyl (C=O) groups excluding carboxylic acids is 1. The minimum atomic E-state index is -0.601. The Morgan fingerprint density at radius 3 is 2.82 bits per heavy atom. The van der Waals surface area contributed by atoms with E-state index in [0.717, 1.165) is 10.8 Å². The van der Waals surface area contributed by atoms with Gasteiger partial charge in [0.2, 0.25) is 0 Å². The normalized spacial score (nSPS) is 11.8. The number of methoxy groups -OCH3 is 2. The lowest BCUT2D eigenvalue weighted by molar-refractivity contribution is -0.0993. The summed E-state index contributed by atoms with van der Waals surface area (Å²) in [4.78, 5) is 19.6. The van der Waals surface area contributed by atoms with Crippen LogP contribution in [0.5, 0.6) is 0 Å². The third kappa shape index (κ3) is 2.20. The number of nitrogens with two attached hydrogens (primary N) is 1. The van der Waals surface area contributed by atoms with Gasteiger partial charge < -0.3 is 20.2 Å². The van der Waals surface area contributed by atoms with Crippen LogP contribution in [0.1, 0.15) is 16.9 Å². The van der Waals surface area contributed by atoms with Gasteiger partial charge >= 0.3 is 0 Å². The molecule has 1 aromatic carbocycles. The van der Waals surface area contributed by atoms with Gasteiger partial charge in [-0.25, -0.2) is 0 Å². The molecule has 114 valence electrons. The number of aromatic amines is 1. The van der Waals surface area contributed by atoms with Crippen LogP contribution in [0.3, 0.4) is 0 Å². The number of nitrogens with zero attached hydrogens (tertiary/aromatic N) is 1. The molecule has 0 spiro atoms. The molecule has 7 heteroatoms. The predicted octanol–water partition coefficient (Wildman–Crippen LogP) is 1.41. The number of nitrogen functional groups attached to an aromatic ring is 1. The van der Waals surface area contributed by atoms with Gasteiger partial charge in [0.1, 0.15) is 0 Å². The average Bonchev–Trinajstić information content (AvgIpc) is 2.94. The molecule has 0 fully saturated rings. The van der Waals surface area contributed by atoms with Gasteiger partial charge in [-0.1, -0.05) is 0 Å². The van der Waals surface area contributed by atoms with Crippen molar-refractivity contribution in [2.75, 3.05) is 20.0 Å². The molecule has 0 atom stereocenters. The van der Waals surface area contributed by atoms with E-state index in [9.17, 15) is 4.79 Å². The number of benzene rings is 1. The first kappa shape index (κ1) is 14.4. The largest absolute Gasteiger partial charge is 0.397 e. The van der Waals surface area contributed by atoms with Crippen LogP contribution in [0.2, 0.25) is 0 Å². The monoisotopic (exact) mass is 300 g/mol. The summed E-state index contributed by atoms with van der Waals surface area (Å²) in [5.74, 6) is -0.162. The molecule has 0 aliphatic heterocycles. The molecule has 22 heavy (non-hydrogen) atoms. The van der Waals surface area contributed by atoms with E-state index in [1.165, 1.54) is 20.3 Å². The lowest BCUT2D eigenvalue weighted by atomic mass is 10.1. The van der Waals surface area contributed by atoms with Crippen LogP contribution >= 0.6 is 0 Å². The van der Waals surface area contributed by atoms with Crippen molar-refractivity contribution in [1.82, 2.24) is 9.97 Å². The maximum atomic E-state index is 12.4. The number of hydrogen-bond acceptors (Lipinski definition) is 6. The lowest BCUT2D eigenvalue weighted by Gasteiger charge is -2.12. The summed E-state index contributed by atoms with van der Waals surface area (Å²) in [6.45, 7) is 0. The van der Waals surface area contributed by atoms with E-state index >= 15 is 0 Å². The van der Waals surface area contributed by atoms with E-state index in [0.29, 0.717) is 22.4 Å². The molecule has 4 N–H and O–H groups in total. The zero-order valence-corrected chi connectivity index (χ0v) is 12.3. The SMILES string of the molecule is COC(CC(=O)c1cc2cnc3c(N)cc(=N)c([nH]1)c23)OC. The van der Waals surface area contributed by atoms with E-state index in [-0.39, 0.29) is 17.6 Å². The first-order chi connectivity index (χ1) is 10.5. The van der Waals surface area contributed by atoms with E-state index < -0.39 is 6.29 Å². The molecule has 0 aliphatic rings. The Hall–Kier alpha value is -2.51. The number of Topliss-reactive ketones (excluding diaryl/α,β-unsaturated/α-hetero) is 1. The Labute approximate surface area is 125 Å². The number of ether oxygens (including phenoxy) is 2. The zero-order valence-electron chi connectivity index (χ0n) is 12.3. The van der Waals surface area contributed by atoms with Crippen LogP contribution in [0.25, 0.3) is 21.8 Å². The molecular formula is C15H16N4O3. The van der Waals surface area contributed by atoms with Crippen molar-refractivity contribution in [2.24, 2.45) is 0 Å². The third-order valence-corrected chi connectivity index (χ3v) is 3.69. The standard InChI is InChI=1S/C15H16N4O3/c1-21-12(22-2)5-11(20)10-3-7-6-18-14-8(16)4-9(17)15(19-10)13(7)14/h3-4,6,12,17,19H,5,16H2,1-2H3. The Bertz CT molecular complexity index is 899. The molecule has 0 bridgehead atoms. The topological polar surface area (TPSA) is 114 Å². The summed E-state index contributed by atoms with van der Waals surface area (Å²) < 4.78 is 10.1. The molecular weight excluding hydrogens is 284 g/mol. The number of H-pyrrole nitrogens is 1. The third-order valence-electron chi connectivity index (χ3n) is 3.69. The number of nitrogens with one attached hydrogen (secondary N) is 2. The second kappa shape index (κ2) is 5.36. The van der Waals surface area contributed by atoms with E-state index in [1.807, 2.05) is 0 Å². The summed E-state index contributed by atoms with van der Waals surface area (Å²) in [6.07, 6.45) is 1.14. The number of anilines is 1. The molecule has 0 unspecified atom stereocenters. The Kier molecular flexibility index (Phi) is 3.51. The molecule has 0 amide bonds. The van der Waals surface area contributed by atoms with E-state index in [4.69, 9.17) is 20.6 Å². The quantitative estimate of drug-likeness (QED) is 0.374. The number of pyridine rings is 1. The maximum absolute atomic E-state index is 12.4. The lowest BCUT2D eigenvalue weighted by Crippen LogP contribution is -2.19. The Morgan fingerprint density at radius 1 is 1.41 bits per heavy atom. The summed E-state index contributed by atoms with van der Waals surface area (Å²) >= 11 is 0. The number of rotatable bonds is 5. The fraction of sp³-hybridized carbons (Fsp3) is 0.267. The second-order valence-electron chi connectivity index (χ2n) is 5.04. The number of hydrogen-bond donors (Lipinski definition) is 3. The van der Waals surface area contributed by atoms with Crippen LogP contribution in [0.15, 0.2) is 18.3 Å². The first-order valence-electron chi connectivity index (χ1n) is 6.72.